The van der Waals surface area contributed by atoms with Crippen molar-refractivity contribution in [2.24, 2.45) is 5.92 Å². The molecule has 0 bridgehead atoms. The van der Waals surface area contributed by atoms with E-state index in [1.165, 1.54) is 37.3 Å². The monoisotopic (exact) mass is 649 g/mol. The maximum absolute atomic E-state index is 14.2. The van der Waals surface area contributed by atoms with E-state index in [2.05, 4.69) is 5.32 Å². The van der Waals surface area contributed by atoms with Gasteiger partial charge < -0.3 is 19.7 Å². The molecule has 9 nitrogen and oxygen atoms in total. The summed E-state index contributed by atoms with van der Waals surface area (Å²) in [5.41, 5.74) is 0.830. The molecule has 0 saturated carbocycles. The van der Waals surface area contributed by atoms with Gasteiger partial charge in [-0.1, -0.05) is 68.2 Å². The Hall–Kier alpha value is -3.47. The highest BCUT2D eigenvalue weighted by molar-refractivity contribution is 7.92. The first-order valence-electron chi connectivity index (χ1n) is 13.7. The molecule has 12 heteroatoms. The highest BCUT2D eigenvalue weighted by atomic mass is 35.5. The highest BCUT2D eigenvalue weighted by Gasteiger charge is 2.34. The van der Waals surface area contributed by atoms with Crippen LogP contribution in [0, 0.1) is 5.92 Å². The van der Waals surface area contributed by atoms with Gasteiger partial charge in [-0.25, -0.2) is 8.42 Å². The Bertz CT molecular complexity index is 1520. The van der Waals surface area contributed by atoms with E-state index in [1.54, 1.807) is 55.5 Å². The van der Waals surface area contributed by atoms with Gasteiger partial charge in [-0.2, -0.15) is 0 Å². The van der Waals surface area contributed by atoms with Crippen molar-refractivity contribution in [2.75, 3.05) is 31.6 Å². The van der Waals surface area contributed by atoms with Gasteiger partial charge in [-0.15, -0.1) is 0 Å². The van der Waals surface area contributed by atoms with Crippen LogP contribution in [0.3, 0.4) is 0 Å². The molecular weight excluding hydrogens is 613 g/mol. The lowest BCUT2D eigenvalue weighted by Gasteiger charge is -2.33. The third kappa shape index (κ3) is 8.55. The molecular formula is C31H37Cl2N3O6S. The Morgan fingerprint density at radius 1 is 0.930 bits per heavy atom. The third-order valence-electron chi connectivity index (χ3n) is 6.69. The zero-order valence-corrected chi connectivity index (χ0v) is 27.2. The number of carbonyl (C=O) groups is 2. The van der Waals surface area contributed by atoms with Gasteiger partial charge in [0.2, 0.25) is 11.8 Å². The van der Waals surface area contributed by atoms with Gasteiger partial charge in [0.15, 0.2) is 11.5 Å². The summed E-state index contributed by atoms with van der Waals surface area (Å²) >= 11 is 12.6. The van der Waals surface area contributed by atoms with Gasteiger partial charge in [0.1, 0.15) is 12.6 Å². The van der Waals surface area contributed by atoms with Crippen LogP contribution in [0.15, 0.2) is 71.6 Å². The number of methoxy groups -OCH3 is 2. The smallest absolute Gasteiger partial charge is 0.264 e. The van der Waals surface area contributed by atoms with Crippen LogP contribution in [0.25, 0.3) is 0 Å². The molecule has 3 rings (SSSR count). The van der Waals surface area contributed by atoms with E-state index in [4.69, 9.17) is 32.7 Å². The van der Waals surface area contributed by atoms with Gasteiger partial charge in [0.25, 0.3) is 10.0 Å². The molecule has 0 radical (unpaired) electrons. The molecule has 0 spiro atoms. The minimum Gasteiger partial charge on any atom is -0.493 e. The first-order chi connectivity index (χ1) is 20.4. The fourth-order valence-electron chi connectivity index (χ4n) is 4.40. The van der Waals surface area contributed by atoms with E-state index in [-0.39, 0.29) is 41.1 Å². The quantitative estimate of drug-likeness (QED) is 0.237. The van der Waals surface area contributed by atoms with Gasteiger partial charge in [-0.05, 0) is 54.3 Å². The molecule has 0 aliphatic carbocycles. The summed E-state index contributed by atoms with van der Waals surface area (Å²) in [6, 6.07) is 16.5. The van der Waals surface area contributed by atoms with Crippen molar-refractivity contribution in [1.82, 2.24) is 10.2 Å². The van der Waals surface area contributed by atoms with Crippen molar-refractivity contribution in [3.8, 4) is 11.5 Å². The minimum absolute atomic E-state index is 0.0402. The number of carbonyl (C=O) groups excluding carboxylic acids is 2. The Balaban J connectivity index is 2.08. The van der Waals surface area contributed by atoms with Crippen LogP contribution in [0.5, 0.6) is 11.5 Å². The van der Waals surface area contributed by atoms with Crippen molar-refractivity contribution in [2.45, 2.75) is 44.7 Å². The fourth-order valence-corrected chi connectivity index (χ4v) is 6.30. The lowest BCUT2D eigenvalue weighted by Crippen LogP contribution is -2.52. The maximum Gasteiger partial charge on any atom is 0.264 e. The molecule has 0 heterocycles. The molecule has 0 aliphatic heterocycles. The summed E-state index contributed by atoms with van der Waals surface area (Å²) in [7, 11) is -1.44. The van der Waals surface area contributed by atoms with Crippen LogP contribution in [0.2, 0.25) is 10.0 Å². The number of nitrogens with zero attached hydrogens (tertiary/aromatic N) is 2. The van der Waals surface area contributed by atoms with Crippen LogP contribution in [0.1, 0.15) is 32.8 Å². The Kier molecular flexibility index (Phi) is 12.1. The van der Waals surface area contributed by atoms with Crippen LogP contribution in [-0.2, 0) is 26.2 Å². The van der Waals surface area contributed by atoms with E-state index < -0.39 is 28.5 Å². The first kappa shape index (κ1) is 34.0. The van der Waals surface area contributed by atoms with Crippen molar-refractivity contribution in [3.05, 3.63) is 82.3 Å². The summed E-state index contributed by atoms with van der Waals surface area (Å²) in [5.74, 6) is -0.173. The van der Waals surface area contributed by atoms with E-state index in [0.29, 0.717) is 27.9 Å². The van der Waals surface area contributed by atoms with Crippen LogP contribution >= 0.6 is 23.2 Å². The second kappa shape index (κ2) is 15.3. The number of anilines is 1. The van der Waals surface area contributed by atoms with Gasteiger partial charge >= 0.3 is 0 Å². The third-order valence-corrected chi connectivity index (χ3v) is 9.05. The molecule has 232 valence electrons. The van der Waals surface area contributed by atoms with Gasteiger partial charge in [0, 0.05) is 29.2 Å². The summed E-state index contributed by atoms with van der Waals surface area (Å²) < 4.78 is 39.8. The minimum atomic E-state index is -4.29. The summed E-state index contributed by atoms with van der Waals surface area (Å²) in [6.45, 7) is 5.52. The SMILES string of the molecule is CCC(C(=O)NCC(C)C)N(Cc1ccc(Cl)cc1Cl)C(=O)CN(c1ccccc1)S(=O)(=O)c1ccc(OC)c(OC)c1. The normalized spacial score (nSPS) is 12.0. The lowest BCUT2D eigenvalue weighted by atomic mass is 10.1. The van der Waals surface area contributed by atoms with Crippen LogP contribution in [0.4, 0.5) is 5.69 Å². The van der Waals surface area contributed by atoms with Crippen molar-refractivity contribution in [1.29, 1.82) is 0 Å². The molecule has 0 saturated heterocycles. The number of para-hydroxylation sites is 1. The first-order valence-corrected chi connectivity index (χ1v) is 15.9. The molecule has 43 heavy (non-hydrogen) atoms. The lowest BCUT2D eigenvalue weighted by molar-refractivity contribution is -0.140. The zero-order valence-electron chi connectivity index (χ0n) is 24.8. The molecule has 3 aromatic rings. The summed E-state index contributed by atoms with van der Waals surface area (Å²) in [4.78, 5) is 28.8. The van der Waals surface area contributed by atoms with Gasteiger partial charge in [-0.3, -0.25) is 13.9 Å². The van der Waals surface area contributed by atoms with E-state index in [0.717, 1.165) is 4.31 Å². The predicted molar refractivity (Wildman–Crippen MR) is 169 cm³/mol. The number of nitrogens with one attached hydrogen (secondary N) is 1. The Labute approximate surface area is 263 Å². The van der Waals surface area contributed by atoms with Gasteiger partial charge in [0.05, 0.1) is 24.8 Å². The van der Waals surface area contributed by atoms with E-state index in [9.17, 15) is 18.0 Å². The summed E-state index contributed by atoms with van der Waals surface area (Å²) in [5, 5.41) is 3.64. The molecule has 1 unspecified atom stereocenters. The largest absolute Gasteiger partial charge is 0.493 e. The predicted octanol–water partition coefficient (Wildman–Crippen LogP) is 5.79. The van der Waals surface area contributed by atoms with Crippen LogP contribution < -0.4 is 19.1 Å². The highest BCUT2D eigenvalue weighted by Crippen LogP contribution is 2.32. The molecule has 3 aromatic carbocycles. The van der Waals surface area contributed by atoms with E-state index >= 15 is 0 Å². The second-order valence-electron chi connectivity index (χ2n) is 10.2. The molecule has 1 N–H and O–H groups in total. The number of sulfonamides is 1. The number of hydrogen-bond donors (Lipinski definition) is 1. The number of hydrogen-bond acceptors (Lipinski definition) is 6. The average molecular weight is 651 g/mol. The number of halogens is 2. The average Bonchev–Trinajstić information content (AvgIpc) is 2.99. The molecule has 2 amide bonds. The van der Waals surface area contributed by atoms with Crippen molar-refractivity contribution >= 4 is 50.7 Å². The Morgan fingerprint density at radius 3 is 2.19 bits per heavy atom. The maximum atomic E-state index is 14.2. The molecule has 0 aromatic heterocycles. The molecule has 0 fully saturated rings. The van der Waals surface area contributed by atoms with Crippen molar-refractivity contribution in [3.63, 3.8) is 0 Å². The van der Waals surface area contributed by atoms with Crippen LogP contribution in [-0.4, -0.2) is 58.5 Å². The van der Waals surface area contributed by atoms with Crippen molar-refractivity contribution < 1.29 is 27.5 Å². The number of amides is 2. The number of ether oxygens (including phenoxy) is 2. The summed E-state index contributed by atoms with van der Waals surface area (Å²) in [6.07, 6.45) is 0.286. The molecule has 0 aliphatic rings. The second-order valence-corrected chi connectivity index (χ2v) is 12.9. The fraction of sp³-hybridized carbons (Fsp3) is 0.355. The standard InChI is InChI=1S/C31H37Cl2N3O6S/c1-6-27(31(38)34-18-21(2)3)35(19-22-12-13-23(32)16-26(22)33)30(37)20-36(24-10-8-7-9-11-24)43(39,40)25-14-15-28(41-4)29(17-25)42-5/h7-17,21,27H,6,18-20H2,1-5H3,(H,34,38). The number of benzene rings is 3. The molecule has 1 atom stereocenters. The topological polar surface area (TPSA) is 105 Å². The Morgan fingerprint density at radius 2 is 1.60 bits per heavy atom. The van der Waals surface area contributed by atoms with E-state index in [1.807, 2.05) is 13.8 Å². The zero-order chi connectivity index (χ0) is 31.7. The number of rotatable bonds is 14.